The molecule has 0 aliphatic carbocycles. The fraction of sp³-hybridized carbons (Fsp3) is 0.231. The third-order valence-corrected chi connectivity index (χ3v) is 7.36. The summed E-state index contributed by atoms with van der Waals surface area (Å²) in [4.78, 5) is 10.8. The minimum absolute atomic E-state index is 0.0120. The molecule has 0 saturated heterocycles. The maximum absolute atomic E-state index is 12.7. The first kappa shape index (κ1) is 26.6. The Bertz CT molecular complexity index is 1600. The van der Waals surface area contributed by atoms with Gasteiger partial charge in [0.15, 0.2) is 15.5 Å². The van der Waals surface area contributed by atoms with E-state index in [1.807, 2.05) is 56.3 Å². The van der Waals surface area contributed by atoms with Gasteiger partial charge in [-0.2, -0.15) is 9.61 Å². The third kappa shape index (κ3) is 5.30. The van der Waals surface area contributed by atoms with Gasteiger partial charge < -0.3 is 21.6 Å². The molecule has 0 fully saturated rings. The molecule has 12 heteroatoms. The Kier molecular flexibility index (Phi) is 7.62. The number of hydrogen-bond donors (Lipinski definition) is 3. The number of rotatable bonds is 8. The third-order valence-electron chi connectivity index (χ3n) is 6.17. The van der Waals surface area contributed by atoms with Crippen molar-refractivity contribution in [2.24, 2.45) is 10.9 Å². The predicted molar refractivity (Wildman–Crippen MR) is 147 cm³/mol. The van der Waals surface area contributed by atoms with Crippen LogP contribution in [-0.4, -0.2) is 56.4 Å². The van der Waals surface area contributed by atoms with Gasteiger partial charge in [-0.25, -0.2) is 13.4 Å². The van der Waals surface area contributed by atoms with Crippen LogP contribution in [0.3, 0.4) is 0 Å². The zero-order valence-electron chi connectivity index (χ0n) is 21.4. The van der Waals surface area contributed by atoms with E-state index in [0.29, 0.717) is 23.3 Å². The molecule has 0 unspecified atom stereocenters. The first-order valence-corrected chi connectivity index (χ1v) is 13.8. The lowest BCUT2D eigenvalue weighted by atomic mass is 10.1. The molecule has 3 aromatic heterocycles. The Labute approximate surface area is 221 Å². The van der Waals surface area contributed by atoms with Gasteiger partial charge in [0.25, 0.3) is 0 Å². The van der Waals surface area contributed by atoms with Crippen molar-refractivity contribution in [3.63, 3.8) is 0 Å². The average molecular weight is 535 g/mol. The van der Waals surface area contributed by atoms with E-state index < -0.39 is 9.84 Å². The minimum atomic E-state index is -3.72. The van der Waals surface area contributed by atoms with E-state index in [1.54, 1.807) is 29.6 Å². The minimum Gasteiger partial charge on any atom is -0.408 e. The van der Waals surface area contributed by atoms with Crippen molar-refractivity contribution in [2.75, 3.05) is 12.0 Å². The number of pyridine rings is 1. The molecule has 11 nitrogen and oxygen atoms in total. The Morgan fingerprint density at radius 2 is 1.92 bits per heavy atom. The molecule has 5 N–H and O–H groups in total. The van der Waals surface area contributed by atoms with Crippen LogP contribution in [-0.2, 0) is 16.3 Å². The van der Waals surface area contributed by atoms with E-state index in [2.05, 4.69) is 15.2 Å². The fourth-order valence-corrected chi connectivity index (χ4v) is 5.35. The van der Waals surface area contributed by atoms with Crippen LogP contribution in [0.25, 0.3) is 28.0 Å². The van der Waals surface area contributed by atoms with Crippen molar-refractivity contribution in [3.05, 3.63) is 72.8 Å². The number of aryl methyl sites for hydroxylation is 1. The molecule has 4 rings (SSSR count). The number of nitrogen functional groups attached to an aromatic ring is 1. The van der Waals surface area contributed by atoms with Crippen LogP contribution in [0, 0.1) is 0 Å². The SMILES string of the molecule is C/C=C\N(C(N)=NO)[C@H](C)CCc1nc2c(-c3ccc(-c4ccccc4)nc3)cnn2c(N)c1S(C)(=O)=O. The summed E-state index contributed by atoms with van der Waals surface area (Å²) in [5.41, 5.74) is 16.2. The van der Waals surface area contributed by atoms with E-state index in [0.717, 1.165) is 23.1 Å². The normalized spacial score (nSPS) is 13.3. The van der Waals surface area contributed by atoms with Crippen molar-refractivity contribution < 1.29 is 13.6 Å². The maximum Gasteiger partial charge on any atom is 0.237 e. The zero-order chi connectivity index (χ0) is 27.4. The Hall–Kier alpha value is -4.45. The monoisotopic (exact) mass is 534 g/mol. The molecule has 0 aliphatic rings. The number of fused-ring (bicyclic) bond motifs is 1. The van der Waals surface area contributed by atoms with Crippen molar-refractivity contribution in [3.8, 4) is 22.4 Å². The molecule has 4 aromatic rings. The number of benzene rings is 1. The highest BCUT2D eigenvalue weighted by Crippen LogP contribution is 2.31. The van der Waals surface area contributed by atoms with Crippen molar-refractivity contribution >= 4 is 27.3 Å². The van der Waals surface area contributed by atoms with Gasteiger partial charge in [0.05, 0.1) is 17.6 Å². The van der Waals surface area contributed by atoms with Crippen molar-refractivity contribution in [2.45, 2.75) is 37.6 Å². The first-order chi connectivity index (χ1) is 18.2. The van der Waals surface area contributed by atoms with Gasteiger partial charge in [-0.1, -0.05) is 47.6 Å². The standard InChI is InChI=1S/C26H30N8O3S/c1-4-14-33(26(28)32-35)17(2)10-12-22-23(38(3,36)37)24(27)34-25(31-22)20(16-30-34)19-11-13-21(29-15-19)18-8-6-5-7-9-18/h4-9,11,13-17,35H,10,12,27H2,1-3H3,(H2,28,32)/b14-4-/t17-/m1/s1. The van der Waals surface area contributed by atoms with Crippen LogP contribution in [0.15, 0.2) is 77.2 Å². The number of allylic oxidation sites excluding steroid dienone is 1. The Morgan fingerprint density at radius 3 is 2.53 bits per heavy atom. The highest BCUT2D eigenvalue weighted by Gasteiger charge is 2.25. The second-order valence-electron chi connectivity index (χ2n) is 8.87. The summed E-state index contributed by atoms with van der Waals surface area (Å²) < 4.78 is 26.8. The highest BCUT2D eigenvalue weighted by atomic mass is 32.2. The smallest absolute Gasteiger partial charge is 0.237 e. The molecule has 0 spiro atoms. The van der Waals surface area contributed by atoms with Crippen LogP contribution in [0.5, 0.6) is 0 Å². The summed E-state index contributed by atoms with van der Waals surface area (Å²) in [5, 5.41) is 16.5. The summed E-state index contributed by atoms with van der Waals surface area (Å²) >= 11 is 0. The van der Waals surface area contributed by atoms with E-state index in [9.17, 15) is 8.42 Å². The molecular weight excluding hydrogens is 504 g/mol. The molecule has 0 aliphatic heterocycles. The lowest BCUT2D eigenvalue weighted by Crippen LogP contribution is -2.39. The van der Waals surface area contributed by atoms with E-state index in [4.69, 9.17) is 21.7 Å². The van der Waals surface area contributed by atoms with Crippen molar-refractivity contribution in [1.29, 1.82) is 0 Å². The predicted octanol–water partition coefficient (Wildman–Crippen LogP) is 3.30. The molecule has 3 heterocycles. The second kappa shape index (κ2) is 10.9. The number of sulfone groups is 1. The molecule has 0 amide bonds. The van der Waals surface area contributed by atoms with Gasteiger partial charge in [-0.05, 0) is 32.8 Å². The number of anilines is 1. The van der Waals surface area contributed by atoms with Gasteiger partial charge in [-0.3, -0.25) is 4.98 Å². The Morgan fingerprint density at radius 1 is 1.18 bits per heavy atom. The molecule has 1 atom stereocenters. The number of nitrogens with zero attached hydrogens (tertiary/aromatic N) is 6. The summed E-state index contributed by atoms with van der Waals surface area (Å²) in [7, 11) is -3.72. The van der Waals surface area contributed by atoms with Crippen LogP contribution in [0.1, 0.15) is 26.0 Å². The molecule has 38 heavy (non-hydrogen) atoms. The largest absolute Gasteiger partial charge is 0.408 e. The van der Waals surface area contributed by atoms with Crippen LogP contribution in [0.2, 0.25) is 0 Å². The second-order valence-corrected chi connectivity index (χ2v) is 10.8. The fourth-order valence-electron chi connectivity index (χ4n) is 4.30. The lowest BCUT2D eigenvalue weighted by Gasteiger charge is -2.26. The van der Waals surface area contributed by atoms with Crippen molar-refractivity contribution in [1.82, 2.24) is 24.5 Å². The summed E-state index contributed by atoms with van der Waals surface area (Å²) in [6, 6.07) is 13.4. The van der Waals surface area contributed by atoms with Gasteiger partial charge >= 0.3 is 0 Å². The topological polar surface area (TPSA) is 165 Å². The summed E-state index contributed by atoms with van der Waals surface area (Å²) in [6.07, 6.45) is 8.59. The molecule has 1 aromatic carbocycles. The quantitative estimate of drug-likeness (QED) is 0.133. The van der Waals surface area contributed by atoms with E-state index in [-0.39, 0.29) is 29.1 Å². The summed E-state index contributed by atoms with van der Waals surface area (Å²) in [6.45, 7) is 3.69. The van der Waals surface area contributed by atoms with Gasteiger partial charge in [0, 0.05) is 41.4 Å². The van der Waals surface area contributed by atoms with E-state index >= 15 is 0 Å². The van der Waals surface area contributed by atoms with Crippen LogP contribution < -0.4 is 11.5 Å². The molecule has 198 valence electrons. The number of hydrogen-bond acceptors (Lipinski definition) is 8. The zero-order valence-corrected chi connectivity index (χ0v) is 22.2. The van der Waals surface area contributed by atoms with Crippen LogP contribution in [0.4, 0.5) is 5.82 Å². The molecular formula is C26H30N8O3S. The Balaban J connectivity index is 1.75. The first-order valence-electron chi connectivity index (χ1n) is 11.9. The number of oxime groups is 1. The summed E-state index contributed by atoms with van der Waals surface area (Å²) in [5.74, 6) is -0.0894. The number of guanidine groups is 1. The van der Waals surface area contributed by atoms with Gasteiger partial charge in [-0.15, -0.1) is 0 Å². The molecule has 0 radical (unpaired) electrons. The molecule has 0 bridgehead atoms. The highest BCUT2D eigenvalue weighted by molar-refractivity contribution is 7.91. The van der Waals surface area contributed by atoms with E-state index in [1.165, 1.54) is 4.52 Å². The number of aromatic nitrogens is 4. The van der Waals surface area contributed by atoms with Crippen LogP contribution >= 0.6 is 0 Å². The molecule has 0 saturated carbocycles. The lowest BCUT2D eigenvalue weighted by molar-refractivity contribution is 0.297. The van der Waals surface area contributed by atoms with Gasteiger partial charge in [0.1, 0.15) is 10.7 Å². The maximum atomic E-state index is 12.7. The van der Waals surface area contributed by atoms with Gasteiger partial charge in [0.2, 0.25) is 5.96 Å². The number of nitrogens with two attached hydrogens (primary N) is 2. The average Bonchev–Trinajstić information content (AvgIpc) is 3.34.